The van der Waals surface area contributed by atoms with E-state index in [9.17, 15) is 48.5 Å². The van der Waals surface area contributed by atoms with Crippen LogP contribution >= 0.6 is 50.7 Å². The zero-order valence-corrected chi connectivity index (χ0v) is 17.1. The van der Waals surface area contributed by atoms with Crippen molar-refractivity contribution < 1.29 is 48.5 Å². The number of halogens is 14. The second-order valence-corrected chi connectivity index (χ2v) is 9.75. The molecule has 0 heterocycles. The quantitative estimate of drug-likeness (QED) is 0.216. The van der Waals surface area contributed by atoms with Crippen LogP contribution in [-0.2, 0) is 23.3 Å². The van der Waals surface area contributed by atoms with Gasteiger partial charge in [0.1, 0.15) is 0 Å². The van der Waals surface area contributed by atoms with Crippen molar-refractivity contribution in [3.63, 3.8) is 0 Å². The van der Waals surface area contributed by atoms with E-state index in [2.05, 4.69) is 15.9 Å². The van der Waals surface area contributed by atoms with E-state index in [-0.39, 0.29) is 0 Å². The van der Waals surface area contributed by atoms with E-state index in [1.54, 1.807) is 6.07 Å². The van der Waals surface area contributed by atoms with Crippen LogP contribution in [0.1, 0.15) is 11.1 Å². The molecule has 0 spiro atoms. The van der Waals surface area contributed by atoms with Gasteiger partial charge in [0, 0.05) is 22.5 Å². The average Bonchev–Trinajstić information content (AvgIpc) is 2.42. The van der Waals surface area contributed by atoms with E-state index in [4.69, 9.17) is 34.8 Å². The molecule has 1 nitrogen and oxygen atoms in total. The van der Waals surface area contributed by atoms with Gasteiger partial charge in [0.15, 0.2) is 8.69 Å². The van der Waals surface area contributed by atoms with E-state index < -0.39 is 71.5 Å². The lowest BCUT2D eigenvalue weighted by molar-refractivity contribution is -0.349. The van der Waals surface area contributed by atoms with Crippen LogP contribution in [0, 0.1) is 6.07 Å². The molecule has 161 valence electrons. The van der Waals surface area contributed by atoms with Gasteiger partial charge in [0.25, 0.3) is 0 Å². The molecule has 1 rings (SSSR count). The molecule has 0 aliphatic heterocycles. The Morgan fingerprint density at radius 1 is 0.929 bits per heavy atom. The summed E-state index contributed by atoms with van der Waals surface area (Å²) in [4.78, 5) is -1.70. The van der Waals surface area contributed by atoms with Crippen molar-refractivity contribution in [2.45, 2.75) is 38.6 Å². The normalized spacial score (nSPS) is 15.7. The zero-order chi connectivity index (χ0) is 22.5. The predicted octanol–water partition coefficient (Wildman–Crippen LogP) is 7.08. The standard InChI is InChI=1S/C12H3BrCl3F10OS/c13-7-2-4(28(27)12(24,25)26)1-6(5(7)3-8(14,15)16)9(17,10(18,19)20)11(21,22)23/h1H,3H2. The molecule has 16 heteroatoms. The fourth-order valence-corrected chi connectivity index (χ4v) is 3.70. The summed E-state index contributed by atoms with van der Waals surface area (Å²) in [6.45, 7) is 0. The van der Waals surface area contributed by atoms with Crippen molar-refractivity contribution >= 4 is 61.9 Å². The van der Waals surface area contributed by atoms with Crippen LogP contribution in [0.5, 0.6) is 0 Å². The maximum absolute atomic E-state index is 14.5. The molecular weight excluding hydrogens is 568 g/mol. The van der Waals surface area contributed by atoms with Crippen LogP contribution in [0.3, 0.4) is 0 Å². The smallest absolute Gasteiger partial charge is 0.578 e. The monoisotopic (exact) mass is 569 g/mol. The summed E-state index contributed by atoms with van der Waals surface area (Å²) in [5.74, 6) is 0. The summed E-state index contributed by atoms with van der Waals surface area (Å²) in [7, 11) is 0. The average molecular weight is 571 g/mol. The van der Waals surface area contributed by atoms with Gasteiger partial charge in [0.2, 0.25) is 0 Å². The van der Waals surface area contributed by atoms with Crippen molar-refractivity contribution in [2.24, 2.45) is 0 Å². The van der Waals surface area contributed by atoms with E-state index >= 15 is 0 Å². The Kier molecular flexibility index (Phi) is 7.51. The molecule has 28 heavy (non-hydrogen) atoms. The van der Waals surface area contributed by atoms with Crippen molar-refractivity contribution in [1.82, 2.24) is 0 Å². The van der Waals surface area contributed by atoms with Crippen LogP contribution < -0.4 is 0 Å². The lowest BCUT2D eigenvalue weighted by Gasteiger charge is -2.33. The molecule has 0 aliphatic carbocycles. The molecule has 0 aromatic heterocycles. The number of alkyl halides is 13. The highest BCUT2D eigenvalue weighted by atomic mass is 79.9. The molecule has 0 aliphatic rings. The highest BCUT2D eigenvalue weighted by Gasteiger charge is 2.74. The van der Waals surface area contributed by atoms with E-state index in [1.165, 1.54) is 0 Å². The Labute approximate surface area is 176 Å². The summed E-state index contributed by atoms with van der Waals surface area (Å²) in [6.07, 6.45) is -14.6. The van der Waals surface area contributed by atoms with Gasteiger partial charge in [-0.2, -0.15) is 26.3 Å². The second kappa shape index (κ2) is 8.03. The first kappa shape index (κ1) is 26.2. The summed E-state index contributed by atoms with van der Waals surface area (Å²) in [5.41, 5.74) is -15.4. The minimum Gasteiger partial charge on any atom is -0.604 e. The Bertz CT molecular complexity index is 715. The Hall–Kier alpha value is 0.180. The molecule has 1 aromatic carbocycles. The molecule has 1 unspecified atom stereocenters. The molecular formula is C12H3BrCl3F10OS. The molecule has 0 saturated carbocycles. The summed E-state index contributed by atoms with van der Waals surface area (Å²) in [6, 6.07) is 1.13. The Morgan fingerprint density at radius 2 is 1.36 bits per heavy atom. The van der Waals surface area contributed by atoms with Gasteiger partial charge in [-0.1, -0.05) is 34.8 Å². The van der Waals surface area contributed by atoms with E-state index in [0.29, 0.717) is 0 Å². The summed E-state index contributed by atoms with van der Waals surface area (Å²) < 4.78 is 139. The van der Waals surface area contributed by atoms with Crippen LogP contribution in [0.25, 0.3) is 0 Å². The number of rotatable bonds is 3. The molecule has 0 amide bonds. The van der Waals surface area contributed by atoms with Gasteiger partial charge >= 0.3 is 23.5 Å². The predicted molar refractivity (Wildman–Crippen MR) is 84.3 cm³/mol. The lowest BCUT2D eigenvalue weighted by atomic mass is 9.89. The van der Waals surface area contributed by atoms with Crippen LogP contribution in [0.2, 0.25) is 0 Å². The third-order valence-corrected chi connectivity index (χ3v) is 5.16. The van der Waals surface area contributed by atoms with Crippen LogP contribution in [0.15, 0.2) is 15.4 Å². The molecule has 1 aromatic rings. The first-order valence-corrected chi connectivity index (χ1v) is 9.33. The van der Waals surface area contributed by atoms with Gasteiger partial charge in [-0.25, -0.2) is 4.39 Å². The maximum Gasteiger partial charge on any atom is 0.578 e. The van der Waals surface area contributed by atoms with E-state index in [0.717, 1.165) is 0 Å². The third-order valence-electron chi connectivity index (χ3n) is 3.04. The Balaban J connectivity index is 3.98. The minimum absolute atomic E-state index is 0.513. The fourth-order valence-electron chi connectivity index (χ4n) is 1.93. The van der Waals surface area contributed by atoms with Crippen LogP contribution in [-0.4, -0.2) is 26.2 Å². The largest absolute Gasteiger partial charge is 0.604 e. The van der Waals surface area contributed by atoms with Crippen LogP contribution in [0.4, 0.5) is 43.9 Å². The van der Waals surface area contributed by atoms with Gasteiger partial charge in [-0.3, -0.25) is 0 Å². The van der Waals surface area contributed by atoms with Crippen molar-refractivity contribution in [3.8, 4) is 0 Å². The zero-order valence-electron chi connectivity index (χ0n) is 12.4. The van der Waals surface area contributed by atoms with Gasteiger partial charge in [-0.15, -0.1) is 13.2 Å². The van der Waals surface area contributed by atoms with Crippen molar-refractivity contribution in [3.05, 3.63) is 27.7 Å². The van der Waals surface area contributed by atoms with Crippen molar-refractivity contribution in [2.75, 3.05) is 0 Å². The van der Waals surface area contributed by atoms with E-state index in [1.807, 2.05) is 0 Å². The molecule has 0 fully saturated rings. The number of benzene rings is 1. The minimum atomic E-state index is -6.68. The molecule has 0 saturated heterocycles. The maximum atomic E-state index is 14.5. The number of hydrogen-bond acceptors (Lipinski definition) is 1. The topological polar surface area (TPSA) is 23.1 Å². The molecule has 0 N–H and O–H groups in total. The first-order chi connectivity index (χ1) is 12.1. The lowest BCUT2D eigenvalue weighted by Crippen LogP contribution is -2.51. The van der Waals surface area contributed by atoms with Gasteiger partial charge in [-0.05, 0) is 21.5 Å². The SMILES string of the molecule is [O-][S+](c1[c]c(Br)c(CC(Cl)(Cl)Cl)c(C(F)(C(F)(F)F)C(F)(F)F)c1)C(F)(F)F. The highest BCUT2D eigenvalue weighted by molar-refractivity contribution is 9.10. The van der Waals surface area contributed by atoms with Gasteiger partial charge < -0.3 is 4.55 Å². The summed E-state index contributed by atoms with van der Waals surface area (Å²) in [5, 5.41) is 0. The molecule has 1 atom stereocenters. The second-order valence-electron chi connectivity index (χ2n) is 5.00. The fraction of sp³-hybridized carbons (Fsp3) is 0.500. The molecule has 1 radical (unpaired) electrons. The first-order valence-electron chi connectivity index (χ1n) is 6.26. The summed E-state index contributed by atoms with van der Waals surface area (Å²) >= 11 is 14.3. The van der Waals surface area contributed by atoms with Gasteiger partial charge in [0.05, 0.1) is 17.2 Å². The molecule has 0 bridgehead atoms. The highest BCUT2D eigenvalue weighted by Crippen LogP contribution is 2.56. The Morgan fingerprint density at radius 3 is 1.68 bits per heavy atom. The number of hydrogen-bond donors (Lipinski definition) is 0. The van der Waals surface area contributed by atoms with Crippen molar-refractivity contribution in [1.29, 1.82) is 0 Å². The third kappa shape index (κ3) is 5.45.